The Kier molecular flexibility index (Phi) is 3.64. The molecule has 2 saturated heterocycles. The van der Waals surface area contributed by atoms with Crippen LogP contribution in [0.25, 0.3) is 0 Å². The smallest absolute Gasteiger partial charge is 0.410 e. The summed E-state index contributed by atoms with van der Waals surface area (Å²) in [5, 5.41) is 0. The van der Waals surface area contributed by atoms with Gasteiger partial charge in [0.1, 0.15) is 13.2 Å². The first-order chi connectivity index (χ1) is 7.77. The van der Waals surface area contributed by atoms with Crippen molar-refractivity contribution in [3.8, 4) is 0 Å². The van der Waals surface area contributed by atoms with Crippen molar-refractivity contribution in [2.24, 2.45) is 0 Å². The highest BCUT2D eigenvalue weighted by Crippen LogP contribution is 2.11. The van der Waals surface area contributed by atoms with Gasteiger partial charge >= 0.3 is 6.09 Å². The molecule has 0 N–H and O–H groups in total. The molecule has 0 radical (unpaired) electrons. The fraction of sp³-hybridized carbons (Fsp3) is 0.818. The van der Waals surface area contributed by atoms with E-state index in [0.29, 0.717) is 13.2 Å². The van der Waals surface area contributed by atoms with Crippen molar-refractivity contribution in [1.29, 1.82) is 0 Å². The summed E-state index contributed by atoms with van der Waals surface area (Å²) in [5.74, 6) is 0.0563. The van der Waals surface area contributed by atoms with Crippen molar-refractivity contribution in [2.45, 2.75) is 25.7 Å². The van der Waals surface area contributed by atoms with E-state index in [1.165, 1.54) is 17.7 Å². The first-order valence-electron chi connectivity index (χ1n) is 5.97. The highest BCUT2D eigenvalue weighted by atomic mass is 16.6. The van der Waals surface area contributed by atoms with Crippen LogP contribution >= 0.6 is 0 Å². The molecule has 2 rings (SSSR count). The van der Waals surface area contributed by atoms with Gasteiger partial charge in [-0.2, -0.15) is 0 Å². The summed E-state index contributed by atoms with van der Waals surface area (Å²) in [6, 6.07) is 0. The summed E-state index contributed by atoms with van der Waals surface area (Å²) >= 11 is 0. The minimum atomic E-state index is -0.358. The van der Waals surface area contributed by atoms with Crippen molar-refractivity contribution in [2.75, 3.05) is 32.8 Å². The van der Waals surface area contributed by atoms with Crippen LogP contribution in [-0.2, 0) is 9.53 Å². The van der Waals surface area contributed by atoms with Gasteiger partial charge < -0.3 is 9.64 Å². The zero-order valence-corrected chi connectivity index (χ0v) is 9.48. The maximum Gasteiger partial charge on any atom is 0.410 e. The van der Waals surface area contributed by atoms with Crippen LogP contribution in [0.1, 0.15) is 25.7 Å². The number of nitrogens with zero attached hydrogens (tertiary/aromatic N) is 2. The Morgan fingerprint density at radius 2 is 1.81 bits per heavy atom. The number of hydrogen-bond donors (Lipinski definition) is 0. The highest BCUT2D eigenvalue weighted by molar-refractivity contribution is 5.82. The van der Waals surface area contributed by atoms with Crippen LogP contribution in [0, 0.1) is 0 Å². The molecule has 0 aromatic carbocycles. The van der Waals surface area contributed by atoms with Gasteiger partial charge in [0.05, 0.1) is 6.54 Å². The van der Waals surface area contributed by atoms with Crippen LogP contribution in [-0.4, -0.2) is 54.6 Å². The summed E-state index contributed by atoms with van der Waals surface area (Å²) in [7, 11) is 0. The molecule has 2 heterocycles. The average molecular weight is 226 g/mol. The van der Waals surface area contributed by atoms with Crippen LogP contribution in [0.15, 0.2) is 0 Å². The molecule has 5 heteroatoms. The largest absolute Gasteiger partial charge is 0.448 e. The second-order valence-electron chi connectivity index (χ2n) is 4.33. The second-order valence-corrected chi connectivity index (χ2v) is 4.33. The Morgan fingerprint density at radius 1 is 1.12 bits per heavy atom. The Balaban J connectivity index is 1.84. The number of carbonyl (C=O) groups excluding carboxylic acids is 2. The van der Waals surface area contributed by atoms with E-state index in [4.69, 9.17) is 4.74 Å². The molecule has 0 saturated carbocycles. The predicted octanol–water partition coefficient (Wildman–Crippen LogP) is 0.841. The maximum atomic E-state index is 11.9. The third-order valence-corrected chi connectivity index (χ3v) is 3.13. The van der Waals surface area contributed by atoms with Gasteiger partial charge in [0.15, 0.2) is 0 Å². The van der Waals surface area contributed by atoms with E-state index in [9.17, 15) is 9.59 Å². The zero-order valence-electron chi connectivity index (χ0n) is 9.48. The molecule has 0 bridgehead atoms. The Labute approximate surface area is 95.3 Å². The van der Waals surface area contributed by atoms with Gasteiger partial charge in [-0.25, -0.2) is 4.79 Å². The van der Waals surface area contributed by atoms with E-state index in [0.717, 1.165) is 25.9 Å². The molecule has 2 aliphatic rings. The minimum absolute atomic E-state index is 0.0563. The first kappa shape index (κ1) is 11.2. The van der Waals surface area contributed by atoms with Gasteiger partial charge in [-0.15, -0.1) is 0 Å². The molecule has 0 unspecified atom stereocenters. The molecule has 2 aliphatic heterocycles. The number of ether oxygens (including phenoxy) is 1. The van der Waals surface area contributed by atoms with E-state index in [2.05, 4.69) is 0 Å². The molecule has 0 aliphatic carbocycles. The molecule has 0 spiro atoms. The standard InChI is InChI=1S/C11H18N2O3/c14-10(9-13-7-8-16-11(13)15)12-5-3-1-2-4-6-12/h1-9H2. The van der Waals surface area contributed by atoms with Crippen LogP contribution in [0.4, 0.5) is 4.79 Å². The zero-order chi connectivity index (χ0) is 11.4. The Morgan fingerprint density at radius 3 is 2.38 bits per heavy atom. The van der Waals surface area contributed by atoms with E-state index in [1.807, 2.05) is 4.90 Å². The molecule has 16 heavy (non-hydrogen) atoms. The summed E-state index contributed by atoms with van der Waals surface area (Å²) in [5.41, 5.74) is 0. The molecule has 90 valence electrons. The van der Waals surface area contributed by atoms with Gasteiger partial charge in [-0.3, -0.25) is 9.69 Å². The quantitative estimate of drug-likeness (QED) is 0.701. The number of amides is 2. The third kappa shape index (κ3) is 2.65. The molecule has 2 fully saturated rings. The fourth-order valence-electron chi connectivity index (χ4n) is 2.15. The number of cyclic esters (lactones) is 1. The molecule has 0 atom stereocenters. The summed E-state index contributed by atoms with van der Waals surface area (Å²) < 4.78 is 4.79. The molecule has 0 aromatic heterocycles. The maximum absolute atomic E-state index is 11.9. The van der Waals surface area contributed by atoms with Crippen LogP contribution < -0.4 is 0 Å². The number of likely N-dealkylation sites (tertiary alicyclic amines) is 1. The SMILES string of the molecule is O=C(CN1CCOC1=O)N1CCCCCC1. The highest BCUT2D eigenvalue weighted by Gasteiger charge is 2.26. The Hall–Kier alpha value is -1.26. The lowest BCUT2D eigenvalue weighted by Gasteiger charge is -2.22. The first-order valence-corrected chi connectivity index (χ1v) is 5.97. The number of carbonyl (C=O) groups is 2. The Bertz CT molecular complexity index is 272. The van der Waals surface area contributed by atoms with Crippen LogP contribution in [0.2, 0.25) is 0 Å². The normalized spacial score (nSPS) is 21.9. The van der Waals surface area contributed by atoms with Gasteiger partial charge in [0, 0.05) is 13.1 Å². The van der Waals surface area contributed by atoms with Crippen molar-refractivity contribution < 1.29 is 14.3 Å². The number of hydrogen-bond acceptors (Lipinski definition) is 3. The number of rotatable bonds is 2. The molecular formula is C11H18N2O3. The van der Waals surface area contributed by atoms with E-state index in [-0.39, 0.29) is 18.5 Å². The second kappa shape index (κ2) is 5.18. The third-order valence-electron chi connectivity index (χ3n) is 3.13. The van der Waals surface area contributed by atoms with Gasteiger partial charge in [0.2, 0.25) is 5.91 Å². The topological polar surface area (TPSA) is 49.9 Å². The van der Waals surface area contributed by atoms with Crippen molar-refractivity contribution in [3.63, 3.8) is 0 Å². The van der Waals surface area contributed by atoms with Crippen LogP contribution in [0.3, 0.4) is 0 Å². The monoisotopic (exact) mass is 226 g/mol. The van der Waals surface area contributed by atoms with Crippen molar-refractivity contribution in [3.05, 3.63) is 0 Å². The van der Waals surface area contributed by atoms with E-state index < -0.39 is 0 Å². The molecule has 5 nitrogen and oxygen atoms in total. The van der Waals surface area contributed by atoms with Crippen molar-refractivity contribution >= 4 is 12.0 Å². The minimum Gasteiger partial charge on any atom is -0.448 e. The lowest BCUT2D eigenvalue weighted by molar-refractivity contribution is -0.131. The fourth-order valence-corrected chi connectivity index (χ4v) is 2.15. The lowest BCUT2D eigenvalue weighted by atomic mass is 10.2. The van der Waals surface area contributed by atoms with Gasteiger partial charge in [-0.05, 0) is 12.8 Å². The average Bonchev–Trinajstić information content (AvgIpc) is 2.57. The summed E-state index contributed by atoms with van der Waals surface area (Å²) in [6.45, 7) is 2.80. The summed E-state index contributed by atoms with van der Waals surface area (Å²) in [4.78, 5) is 26.5. The van der Waals surface area contributed by atoms with Crippen LogP contribution in [0.5, 0.6) is 0 Å². The van der Waals surface area contributed by atoms with E-state index >= 15 is 0 Å². The predicted molar refractivity (Wildman–Crippen MR) is 58.0 cm³/mol. The van der Waals surface area contributed by atoms with Gasteiger partial charge in [-0.1, -0.05) is 12.8 Å². The summed E-state index contributed by atoms with van der Waals surface area (Å²) in [6.07, 6.45) is 4.21. The molecule has 0 aromatic rings. The van der Waals surface area contributed by atoms with E-state index in [1.54, 1.807) is 0 Å². The van der Waals surface area contributed by atoms with Gasteiger partial charge in [0.25, 0.3) is 0 Å². The molecular weight excluding hydrogens is 208 g/mol. The molecule has 2 amide bonds. The lowest BCUT2D eigenvalue weighted by Crippen LogP contribution is -2.41. The van der Waals surface area contributed by atoms with Crippen molar-refractivity contribution in [1.82, 2.24) is 9.80 Å².